The second kappa shape index (κ2) is 13.1. The summed E-state index contributed by atoms with van der Waals surface area (Å²) in [4.78, 5) is 32.9. The summed E-state index contributed by atoms with van der Waals surface area (Å²) in [5, 5.41) is 6.91. The van der Waals surface area contributed by atoms with Gasteiger partial charge >= 0.3 is 0 Å². The summed E-state index contributed by atoms with van der Waals surface area (Å²) in [6, 6.07) is 14.3. The van der Waals surface area contributed by atoms with Gasteiger partial charge in [-0.15, -0.1) is 0 Å². The zero-order valence-corrected chi connectivity index (χ0v) is 22.6. The van der Waals surface area contributed by atoms with E-state index in [1.54, 1.807) is 37.7 Å². The van der Waals surface area contributed by atoms with Gasteiger partial charge in [0.15, 0.2) is 0 Å². The standard InChI is InChI=1S/C29H34ClN5O3/c1-3-4-5-16-31-29-33-25(21-11-13-22(30)14-12-21)20-35(29)27(36)15-18-34-17-7-10-26(34)28(37)32-23-8-6-9-24(19-23)38-2/h6,8-9,11-15,18-20,26H,3-5,7,10,16-17H2,1-2H3,(H,31,33)(H,32,37)/b18-15+. The van der Waals surface area contributed by atoms with E-state index in [4.69, 9.17) is 16.3 Å². The van der Waals surface area contributed by atoms with Crippen molar-refractivity contribution in [3.8, 4) is 17.0 Å². The lowest BCUT2D eigenvalue weighted by Gasteiger charge is -2.22. The molecule has 8 nitrogen and oxygen atoms in total. The van der Waals surface area contributed by atoms with Crippen LogP contribution >= 0.6 is 11.6 Å². The van der Waals surface area contributed by atoms with Gasteiger partial charge in [0.2, 0.25) is 11.9 Å². The minimum atomic E-state index is -0.357. The smallest absolute Gasteiger partial charge is 0.258 e. The Bertz CT molecular complexity index is 1270. The Morgan fingerprint density at radius 2 is 2.00 bits per heavy atom. The number of nitrogens with zero attached hydrogens (tertiary/aromatic N) is 3. The molecule has 9 heteroatoms. The second-order valence-corrected chi connectivity index (χ2v) is 9.67. The van der Waals surface area contributed by atoms with Gasteiger partial charge in [-0.25, -0.2) is 4.98 Å². The first-order valence-electron chi connectivity index (χ1n) is 13.0. The highest BCUT2D eigenvalue weighted by Gasteiger charge is 2.29. The van der Waals surface area contributed by atoms with Crippen molar-refractivity contribution >= 4 is 35.1 Å². The molecule has 2 N–H and O–H groups in total. The molecule has 1 unspecified atom stereocenters. The molecule has 1 aliphatic rings. The fraction of sp³-hybridized carbons (Fsp3) is 0.345. The van der Waals surface area contributed by atoms with Crippen molar-refractivity contribution in [1.82, 2.24) is 14.5 Å². The molecule has 0 bridgehead atoms. The number of methoxy groups -OCH3 is 1. The molecule has 200 valence electrons. The predicted octanol–water partition coefficient (Wildman–Crippen LogP) is 6.07. The molecule has 0 radical (unpaired) electrons. The molecule has 1 aliphatic heterocycles. The number of carbonyl (C=O) groups is 2. The number of nitrogens with one attached hydrogen (secondary N) is 2. The third-order valence-corrected chi connectivity index (χ3v) is 6.74. The monoisotopic (exact) mass is 535 g/mol. The number of hydrogen-bond donors (Lipinski definition) is 2. The Labute approximate surface area is 228 Å². The molecule has 0 aliphatic carbocycles. The SMILES string of the molecule is CCCCCNc1nc(-c2ccc(Cl)cc2)cn1C(=O)/C=C/N1CCCC1C(=O)Nc1cccc(OC)c1. The van der Waals surface area contributed by atoms with E-state index >= 15 is 0 Å². The van der Waals surface area contributed by atoms with Crippen LogP contribution in [0.5, 0.6) is 5.75 Å². The van der Waals surface area contributed by atoms with Crippen molar-refractivity contribution < 1.29 is 14.3 Å². The summed E-state index contributed by atoms with van der Waals surface area (Å²) in [6.07, 6.45) is 9.72. The van der Waals surface area contributed by atoms with Crippen LogP contribution in [0, 0.1) is 0 Å². The van der Waals surface area contributed by atoms with Gasteiger partial charge in [0.05, 0.1) is 12.8 Å². The number of allylic oxidation sites excluding steroid dienone is 1. The van der Waals surface area contributed by atoms with Crippen LogP contribution < -0.4 is 15.4 Å². The van der Waals surface area contributed by atoms with Crippen molar-refractivity contribution in [3.05, 3.63) is 72.0 Å². The minimum Gasteiger partial charge on any atom is -0.497 e. The summed E-state index contributed by atoms with van der Waals surface area (Å²) in [5.41, 5.74) is 2.22. The minimum absolute atomic E-state index is 0.112. The fourth-order valence-corrected chi connectivity index (χ4v) is 4.55. The molecule has 1 fully saturated rings. The maximum atomic E-state index is 13.3. The number of unbranched alkanes of at least 4 members (excludes halogenated alkanes) is 2. The Morgan fingerprint density at radius 3 is 2.76 bits per heavy atom. The van der Waals surface area contributed by atoms with E-state index in [9.17, 15) is 9.59 Å². The van der Waals surface area contributed by atoms with Crippen molar-refractivity contribution in [1.29, 1.82) is 0 Å². The number of rotatable bonds is 11. The number of carbonyl (C=O) groups excluding carboxylic acids is 2. The van der Waals surface area contributed by atoms with Crippen LogP contribution in [0.25, 0.3) is 11.3 Å². The molecule has 1 atom stereocenters. The molecule has 0 spiro atoms. The van der Waals surface area contributed by atoms with Crippen LogP contribution in [0.15, 0.2) is 67.0 Å². The van der Waals surface area contributed by atoms with Gasteiger partial charge in [0.25, 0.3) is 5.91 Å². The van der Waals surface area contributed by atoms with E-state index in [2.05, 4.69) is 22.5 Å². The zero-order chi connectivity index (χ0) is 26.9. The Kier molecular flexibility index (Phi) is 9.43. The second-order valence-electron chi connectivity index (χ2n) is 9.23. The first-order valence-corrected chi connectivity index (χ1v) is 13.4. The summed E-state index contributed by atoms with van der Waals surface area (Å²) >= 11 is 6.04. The molecule has 2 aromatic carbocycles. The third-order valence-electron chi connectivity index (χ3n) is 6.49. The van der Waals surface area contributed by atoms with Gasteiger partial charge < -0.3 is 20.3 Å². The average molecular weight is 536 g/mol. The van der Waals surface area contributed by atoms with Crippen LogP contribution in [-0.4, -0.2) is 52.5 Å². The normalized spacial score (nSPS) is 15.1. The van der Waals surface area contributed by atoms with Gasteiger partial charge in [0, 0.05) is 53.9 Å². The Morgan fingerprint density at radius 1 is 1.18 bits per heavy atom. The lowest BCUT2D eigenvalue weighted by atomic mass is 10.2. The number of amides is 1. The molecule has 1 aromatic heterocycles. The van der Waals surface area contributed by atoms with Crippen molar-refractivity contribution in [2.45, 2.75) is 45.1 Å². The topological polar surface area (TPSA) is 88.5 Å². The lowest BCUT2D eigenvalue weighted by molar-refractivity contribution is -0.119. The van der Waals surface area contributed by atoms with Gasteiger partial charge in [-0.3, -0.25) is 14.2 Å². The fourth-order valence-electron chi connectivity index (χ4n) is 4.42. The van der Waals surface area contributed by atoms with E-state index in [1.165, 1.54) is 10.6 Å². The molecule has 1 saturated heterocycles. The van der Waals surface area contributed by atoms with Gasteiger partial charge in [0.1, 0.15) is 11.8 Å². The number of benzene rings is 2. The average Bonchev–Trinajstić information content (AvgIpc) is 3.58. The molecule has 4 rings (SSSR count). The van der Waals surface area contributed by atoms with Crippen molar-refractivity contribution in [3.63, 3.8) is 0 Å². The zero-order valence-electron chi connectivity index (χ0n) is 21.8. The van der Waals surface area contributed by atoms with Crippen LogP contribution in [0.1, 0.15) is 43.8 Å². The van der Waals surface area contributed by atoms with Crippen LogP contribution in [-0.2, 0) is 4.79 Å². The molecule has 1 amide bonds. The highest BCUT2D eigenvalue weighted by atomic mass is 35.5. The molecule has 0 saturated carbocycles. The quantitative estimate of drug-likeness (QED) is 0.229. The summed E-state index contributed by atoms with van der Waals surface area (Å²) in [6.45, 7) is 3.57. The predicted molar refractivity (Wildman–Crippen MR) is 152 cm³/mol. The summed E-state index contributed by atoms with van der Waals surface area (Å²) in [5.74, 6) is 0.816. The van der Waals surface area contributed by atoms with Crippen molar-refractivity contribution in [2.24, 2.45) is 0 Å². The Balaban J connectivity index is 1.48. The molecular weight excluding hydrogens is 502 g/mol. The highest BCUT2D eigenvalue weighted by molar-refractivity contribution is 6.30. The number of hydrogen-bond acceptors (Lipinski definition) is 6. The van der Waals surface area contributed by atoms with E-state index < -0.39 is 0 Å². The maximum Gasteiger partial charge on any atom is 0.258 e. The van der Waals surface area contributed by atoms with Gasteiger partial charge in [-0.1, -0.05) is 49.6 Å². The Hall–Kier alpha value is -3.78. The molecule has 38 heavy (non-hydrogen) atoms. The van der Waals surface area contributed by atoms with Gasteiger partial charge in [-0.2, -0.15) is 0 Å². The third kappa shape index (κ3) is 6.95. The number of imidazole rings is 1. The maximum absolute atomic E-state index is 13.3. The summed E-state index contributed by atoms with van der Waals surface area (Å²) < 4.78 is 6.76. The summed E-state index contributed by atoms with van der Waals surface area (Å²) in [7, 11) is 1.59. The van der Waals surface area contributed by atoms with Crippen LogP contribution in [0.3, 0.4) is 0 Å². The van der Waals surface area contributed by atoms with Gasteiger partial charge in [-0.05, 0) is 43.5 Å². The number of anilines is 2. The van der Waals surface area contributed by atoms with E-state index in [0.29, 0.717) is 41.1 Å². The highest BCUT2D eigenvalue weighted by Crippen LogP contribution is 2.24. The van der Waals surface area contributed by atoms with Crippen molar-refractivity contribution in [2.75, 3.05) is 30.8 Å². The first-order chi connectivity index (χ1) is 18.5. The lowest BCUT2D eigenvalue weighted by Crippen LogP contribution is -2.36. The first kappa shape index (κ1) is 27.3. The number of likely N-dealkylation sites (tertiary alicyclic amines) is 1. The van der Waals surface area contributed by atoms with Crippen LogP contribution in [0.2, 0.25) is 5.02 Å². The number of ether oxygens (including phenoxy) is 1. The molecule has 2 heterocycles. The number of halogens is 1. The largest absolute Gasteiger partial charge is 0.497 e. The molecular formula is C29H34ClN5O3. The molecule has 3 aromatic rings. The van der Waals surface area contributed by atoms with E-state index in [1.807, 2.05) is 35.2 Å². The van der Waals surface area contributed by atoms with E-state index in [0.717, 1.165) is 37.8 Å². The van der Waals surface area contributed by atoms with Crippen LogP contribution in [0.4, 0.5) is 11.6 Å². The number of aromatic nitrogens is 2. The van der Waals surface area contributed by atoms with E-state index in [-0.39, 0.29) is 17.9 Å².